The van der Waals surface area contributed by atoms with Crippen molar-refractivity contribution in [2.24, 2.45) is 0 Å². The van der Waals surface area contributed by atoms with Gasteiger partial charge in [0.05, 0.1) is 18.7 Å². The van der Waals surface area contributed by atoms with Crippen molar-refractivity contribution in [3.8, 4) is 0 Å². The molecule has 0 saturated carbocycles. The fourth-order valence-electron chi connectivity index (χ4n) is 5.39. The van der Waals surface area contributed by atoms with Crippen LogP contribution in [0.15, 0.2) is 60.9 Å². The molecule has 1 aliphatic heterocycles. The Morgan fingerprint density at radius 2 is 1.66 bits per heavy atom. The van der Waals surface area contributed by atoms with E-state index in [9.17, 15) is 9.59 Å². The van der Waals surface area contributed by atoms with Gasteiger partial charge in [-0.05, 0) is 67.6 Å². The lowest BCUT2D eigenvalue weighted by molar-refractivity contribution is -0.116. The number of pyridine rings is 1. The van der Waals surface area contributed by atoms with Crippen molar-refractivity contribution in [3.63, 3.8) is 0 Å². The molecule has 14 nitrogen and oxygen atoms in total. The molecular formula is C32H36N12O2S. The molecular weight excluding hydrogens is 617 g/mol. The highest BCUT2D eigenvalue weighted by molar-refractivity contribution is 7.19. The second-order valence-electron chi connectivity index (χ2n) is 11.5. The number of hydrogen-bond acceptors (Lipinski definition) is 12. The van der Waals surface area contributed by atoms with Gasteiger partial charge in [0.1, 0.15) is 0 Å². The molecule has 5 heterocycles. The Bertz CT molecular complexity index is 1780. The molecule has 47 heavy (non-hydrogen) atoms. The number of aromatic nitrogens is 8. The van der Waals surface area contributed by atoms with Gasteiger partial charge in [-0.2, -0.15) is 0 Å². The van der Waals surface area contributed by atoms with Crippen LogP contribution in [0.5, 0.6) is 0 Å². The van der Waals surface area contributed by atoms with Gasteiger partial charge in [-0.25, -0.2) is 4.68 Å². The molecule has 5 aromatic rings. The third-order valence-electron chi connectivity index (χ3n) is 7.96. The van der Waals surface area contributed by atoms with Crippen LogP contribution >= 0.6 is 11.3 Å². The summed E-state index contributed by atoms with van der Waals surface area (Å²) in [7, 11) is 0. The van der Waals surface area contributed by atoms with Gasteiger partial charge in [-0.15, -0.1) is 25.5 Å². The van der Waals surface area contributed by atoms with Crippen LogP contribution in [-0.4, -0.2) is 71.3 Å². The molecule has 0 aliphatic carbocycles. The van der Waals surface area contributed by atoms with Crippen molar-refractivity contribution in [1.82, 2.24) is 40.4 Å². The summed E-state index contributed by atoms with van der Waals surface area (Å²) in [4.78, 5) is 31.2. The minimum absolute atomic E-state index is 0.157. The predicted molar refractivity (Wildman–Crippen MR) is 179 cm³/mol. The maximum absolute atomic E-state index is 12.6. The van der Waals surface area contributed by atoms with Crippen molar-refractivity contribution in [1.29, 1.82) is 0 Å². The summed E-state index contributed by atoms with van der Waals surface area (Å²) in [5.74, 6) is 0.830. The first-order chi connectivity index (χ1) is 22.9. The fraction of sp³-hybridized carbons (Fsp3) is 0.344. The molecule has 0 spiro atoms. The summed E-state index contributed by atoms with van der Waals surface area (Å²) in [6.45, 7) is 6.40. The van der Waals surface area contributed by atoms with Crippen LogP contribution in [0.25, 0.3) is 0 Å². The number of amides is 2. The highest BCUT2D eigenvalue weighted by Crippen LogP contribution is 2.25. The molecule has 2 amide bonds. The van der Waals surface area contributed by atoms with Crippen LogP contribution in [0.3, 0.4) is 0 Å². The quantitative estimate of drug-likeness (QED) is 0.179. The maximum atomic E-state index is 12.6. The lowest BCUT2D eigenvalue weighted by Crippen LogP contribution is -2.39. The van der Waals surface area contributed by atoms with Crippen molar-refractivity contribution in [3.05, 3.63) is 89.0 Å². The molecule has 1 aromatic carbocycles. The third kappa shape index (κ3) is 8.70. The van der Waals surface area contributed by atoms with E-state index in [1.807, 2.05) is 35.1 Å². The monoisotopic (exact) mass is 652 g/mol. The number of piperidine rings is 1. The van der Waals surface area contributed by atoms with Crippen LogP contribution in [-0.2, 0) is 29.0 Å². The molecule has 242 valence electrons. The van der Waals surface area contributed by atoms with E-state index in [2.05, 4.69) is 88.6 Å². The summed E-state index contributed by atoms with van der Waals surface area (Å²) in [5, 5.41) is 35.5. The van der Waals surface area contributed by atoms with Gasteiger partial charge >= 0.3 is 0 Å². The van der Waals surface area contributed by atoms with Crippen molar-refractivity contribution < 1.29 is 9.59 Å². The zero-order valence-electron chi connectivity index (χ0n) is 26.3. The lowest BCUT2D eigenvalue weighted by atomic mass is 10.0. The molecule has 6 rings (SSSR count). The Morgan fingerprint density at radius 1 is 0.851 bits per heavy atom. The number of nitrogens with zero attached hydrogens (tertiary/aromatic N) is 9. The van der Waals surface area contributed by atoms with Crippen LogP contribution < -0.4 is 20.9 Å². The summed E-state index contributed by atoms with van der Waals surface area (Å²) in [5.41, 5.74) is 5.13. The Kier molecular flexibility index (Phi) is 10.0. The van der Waals surface area contributed by atoms with Crippen LogP contribution in [0.2, 0.25) is 0 Å². The van der Waals surface area contributed by atoms with E-state index >= 15 is 0 Å². The summed E-state index contributed by atoms with van der Waals surface area (Å²) in [6.07, 6.45) is 6.22. The number of hydrogen-bond donors (Lipinski definition) is 3. The molecule has 15 heteroatoms. The smallest absolute Gasteiger partial charge is 0.232 e. The van der Waals surface area contributed by atoms with Crippen molar-refractivity contribution >= 4 is 45.0 Å². The first-order valence-corrected chi connectivity index (χ1v) is 16.3. The zero-order valence-corrected chi connectivity index (χ0v) is 27.1. The summed E-state index contributed by atoms with van der Waals surface area (Å²) >= 11 is 1.31. The zero-order chi connectivity index (χ0) is 32.6. The van der Waals surface area contributed by atoms with E-state index in [0.717, 1.165) is 37.4 Å². The Morgan fingerprint density at radius 3 is 2.40 bits per heavy atom. The number of anilines is 4. The number of benzene rings is 1. The Balaban J connectivity index is 0.908. The van der Waals surface area contributed by atoms with Gasteiger partial charge in [0.2, 0.25) is 22.1 Å². The Hall–Kier alpha value is -5.31. The molecule has 3 N–H and O–H groups in total. The van der Waals surface area contributed by atoms with Gasteiger partial charge in [0.25, 0.3) is 0 Å². The lowest BCUT2D eigenvalue weighted by Gasteiger charge is -2.32. The number of rotatable bonds is 12. The first kappa shape index (κ1) is 31.7. The van der Waals surface area contributed by atoms with Crippen LogP contribution in [0, 0.1) is 13.8 Å². The highest BCUT2D eigenvalue weighted by Gasteiger charge is 2.22. The van der Waals surface area contributed by atoms with Gasteiger partial charge in [0, 0.05) is 50.1 Å². The molecule has 1 fully saturated rings. The van der Waals surface area contributed by atoms with E-state index < -0.39 is 0 Å². The van der Waals surface area contributed by atoms with E-state index in [1.165, 1.54) is 28.0 Å². The Labute approximate surface area is 276 Å². The van der Waals surface area contributed by atoms with Crippen LogP contribution in [0.4, 0.5) is 21.9 Å². The predicted octanol–water partition coefficient (Wildman–Crippen LogP) is 3.81. The highest BCUT2D eigenvalue weighted by atomic mass is 32.1. The molecule has 0 radical (unpaired) electrons. The number of carbonyl (C=O) groups is 2. The van der Waals surface area contributed by atoms with Gasteiger partial charge < -0.3 is 20.9 Å². The molecule has 0 bridgehead atoms. The number of aryl methyl sites for hydroxylation is 3. The van der Waals surface area contributed by atoms with E-state index in [1.54, 1.807) is 12.3 Å². The topological polar surface area (TPSA) is 169 Å². The SMILES string of the molecule is Cc1cccc(C)c1Cn1cc(CCC(=O)Nc2ccc(N3CCC(Nc4nnc(NC(=O)Cc5ccccn5)s4)CC3)nn2)nn1. The number of nitrogens with one attached hydrogen (secondary N) is 3. The van der Waals surface area contributed by atoms with Gasteiger partial charge in [0.15, 0.2) is 11.6 Å². The second-order valence-corrected chi connectivity index (χ2v) is 12.4. The third-order valence-corrected chi connectivity index (χ3v) is 8.73. The number of carbonyl (C=O) groups excluding carboxylic acids is 2. The van der Waals surface area contributed by atoms with E-state index in [0.29, 0.717) is 34.7 Å². The molecule has 1 aliphatic rings. The maximum Gasteiger partial charge on any atom is 0.232 e. The van der Waals surface area contributed by atoms with E-state index in [4.69, 9.17) is 0 Å². The molecule has 0 unspecified atom stereocenters. The first-order valence-electron chi connectivity index (χ1n) is 15.5. The van der Waals surface area contributed by atoms with Crippen LogP contribution in [0.1, 0.15) is 47.3 Å². The molecule has 4 aromatic heterocycles. The fourth-order valence-corrected chi connectivity index (χ4v) is 6.13. The van der Waals surface area contributed by atoms with Gasteiger partial charge in [-0.1, -0.05) is 40.8 Å². The standard InChI is InChI=1S/C32H36N12O2S/c1-21-6-5-7-22(2)26(21)20-44-19-25(37-42-44)9-12-29(45)35-27-10-11-28(39-38-27)43-16-13-23(14-17-43)34-31-40-41-32(47-31)36-30(46)18-24-8-3-4-15-33-24/h3-8,10-11,15,19,23H,9,12-14,16-18,20H2,1-2H3,(H,34,40)(H,35,38,45)(H,36,41,46). The average Bonchev–Trinajstić information content (AvgIpc) is 3.72. The van der Waals surface area contributed by atoms with Gasteiger partial charge in [-0.3, -0.25) is 14.6 Å². The summed E-state index contributed by atoms with van der Waals surface area (Å²) in [6, 6.07) is 15.6. The largest absolute Gasteiger partial charge is 0.357 e. The molecule has 0 atom stereocenters. The van der Waals surface area contributed by atoms with Crippen molar-refractivity contribution in [2.45, 2.75) is 58.5 Å². The summed E-state index contributed by atoms with van der Waals surface area (Å²) < 4.78 is 1.81. The van der Waals surface area contributed by atoms with Crippen molar-refractivity contribution in [2.75, 3.05) is 33.9 Å². The molecule has 1 saturated heterocycles. The van der Waals surface area contributed by atoms with E-state index in [-0.39, 0.29) is 30.7 Å². The second kappa shape index (κ2) is 14.9. The normalized spacial score (nSPS) is 13.4. The minimum atomic E-state index is -0.184. The minimum Gasteiger partial charge on any atom is -0.357 e. The average molecular weight is 653 g/mol.